The lowest BCUT2D eigenvalue weighted by Crippen LogP contribution is -2.40. The average molecular weight is 512 g/mol. The van der Waals surface area contributed by atoms with Crippen molar-refractivity contribution in [3.8, 4) is 5.75 Å². The second-order valence-electron chi connectivity index (χ2n) is 10.7. The van der Waals surface area contributed by atoms with Gasteiger partial charge in [-0.15, -0.1) is 0 Å². The molecule has 7 nitrogen and oxygen atoms in total. The fourth-order valence-corrected chi connectivity index (χ4v) is 3.64. The standard InChI is InChI=1S/C15H24O.C8H7NO2.C7H14N2O/c1-12-7-8-13(2)14(11-12)16-10-6-9-15(3,4)5;9-8(11)7-3-1-6(5-10)2-4-7;1-9-4-2-7(3-5-9)8-6-10/h7-8,11H,6,9-10H2,1-5H3;1-5H,(H2,9,11);6-7H,2-5H2,1H3,(H,8,10). The number of rotatable bonds is 8. The number of carbonyl (C=O) groups is 3. The summed E-state index contributed by atoms with van der Waals surface area (Å²) in [6, 6.07) is 12.9. The first-order valence-electron chi connectivity index (χ1n) is 12.9. The monoisotopic (exact) mass is 511 g/mol. The van der Waals surface area contributed by atoms with Crippen LogP contribution in [-0.4, -0.2) is 56.3 Å². The third kappa shape index (κ3) is 14.2. The first-order valence-corrected chi connectivity index (χ1v) is 12.9. The molecule has 1 fully saturated rings. The van der Waals surface area contributed by atoms with E-state index in [0.29, 0.717) is 28.9 Å². The van der Waals surface area contributed by atoms with Crippen molar-refractivity contribution in [2.24, 2.45) is 11.1 Å². The van der Waals surface area contributed by atoms with Crippen LogP contribution in [0.3, 0.4) is 0 Å². The molecule has 2 amide bonds. The molecule has 0 saturated carbocycles. The van der Waals surface area contributed by atoms with Crippen LogP contribution < -0.4 is 15.8 Å². The molecule has 204 valence electrons. The van der Waals surface area contributed by atoms with Crippen LogP contribution >= 0.6 is 0 Å². The van der Waals surface area contributed by atoms with Crippen LogP contribution in [0, 0.1) is 19.3 Å². The van der Waals surface area contributed by atoms with Crippen molar-refractivity contribution < 1.29 is 19.1 Å². The summed E-state index contributed by atoms with van der Waals surface area (Å²) in [6.45, 7) is 14.0. The summed E-state index contributed by atoms with van der Waals surface area (Å²) < 4.78 is 5.81. The van der Waals surface area contributed by atoms with E-state index in [0.717, 1.165) is 51.1 Å². The Morgan fingerprint density at radius 1 is 1.08 bits per heavy atom. The molecule has 3 N–H and O–H groups in total. The Kier molecular flexibility index (Phi) is 14.2. The Labute approximate surface area is 222 Å². The van der Waals surface area contributed by atoms with Gasteiger partial charge in [0.1, 0.15) is 12.0 Å². The largest absolute Gasteiger partial charge is 0.493 e. The van der Waals surface area contributed by atoms with Crippen molar-refractivity contribution in [1.82, 2.24) is 10.2 Å². The summed E-state index contributed by atoms with van der Waals surface area (Å²) in [6.07, 6.45) is 6.03. The highest BCUT2D eigenvalue weighted by Crippen LogP contribution is 2.22. The van der Waals surface area contributed by atoms with Gasteiger partial charge in [0.25, 0.3) is 0 Å². The lowest BCUT2D eigenvalue weighted by molar-refractivity contribution is -0.110. The molecule has 0 atom stereocenters. The highest BCUT2D eigenvalue weighted by atomic mass is 16.5. The van der Waals surface area contributed by atoms with E-state index in [-0.39, 0.29) is 0 Å². The van der Waals surface area contributed by atoms with E-state index in [1.165, 1.54) is 29.7 Å². The van der Waals surface area contributed by atoms with Crippen LogP contribution in [0.5, 0.6) is 5.75 Å². The predicted molar refractivity (Wildman–Crippen MR) is 150 cm³/mol. The summed E-state index contributed by atoms with van der Waals surface area (Å²) in [5.74, 6) is 0.552. The topological polar surface area (TPSA) is 102 Å². The second-order valence-corrected chi connectivity index (χ2v) is 10.7. The zero-order chi connectivity index (χ0) is 27.8. The van der Waals surface area contributed by atoms with Crippen LogP contribution in [0.1, 0.15) is 78.3 Å². The number of hydrogen-bond donors (Lipinski definition) is 2. The van der Waals surface area contributed by atoms with Gasteiger partial charge in [-0.3, -0.25) is 14.4 Å². The van der Waals surface area contributed by atoms with Crippen LogP contribution in [-0.2, 0) is 4.79 Å². The molecule has 0 unspecified atom stereocenters. The molecule has 1 aliphatic heterocycles. The SMILES string of the molecule is CN1CCC(NC=O)CC1.Cc1ccc(C)c(OCCCC(C)(C)C)c1.NC(=O)c1ccc(C=O)cc1. The van der Waals surface area contributed by atoms with Gasteiger partial charge in [-0.25, -0.2) is 0 Å². The van der Waals surface area contributed by atoms with Gasteiger partial charge in [-0.05, 0) is 94.4 Å². The number of benzene rings is 2. The molecule has 0 bridgehead atoms. The number of ether oxygens (including phenoxy) is 1. The van der Waals surface area contributed by atoms with Crippen molar-refractivity contribution in [1.29, 1.82) is 0 Å². The highest BCUT2D eigenvalue weighted by molar-refractivity contribution is 5.93. The van der Waals surface area contributed by atoms with Gasteiger partial charge in [0.05, 0.1) is 6.61 Å². The lowest BCUT2D eigenvalue weighted by Gasteiger charge is -2.28. The molecular weight excluding hydrogens is 466 g/mol. The van der Waals surface area contributed by atoms with E-state index in [9.17, 15) is 14.4 Å². The number of carbonyl (C=O) groups excluding carboxylic acids is 3. The smallest absolute Gasteiger partial charge is 0.248 e. The van der Waals surface area contributed by atoms with Gasteiger partial charge in [-0.2, -0.15) is 0 Å². The molecule has 3 rings (SSSR count). The maximum atomic E-state index is 10.5. The molecule has 2 aromatic carbocycles. The van der Waals surface area contributed by atoms with Gasteiger partial charge in [0.2, 0.25) is 12.3 Å². The maximum Gasteiger partial charge on any atom is 0.248 e. The molecule has 0 radical (unpaired) electrons. The van der Waals surface area contributed by atoms with Crippen LogP contribution in [0.25, 0.3) is 0 Å². The highest BCUT2D eigenvalue weighted by Gasteiger charge is 2.14. The van der Waals surface area contributed by atoms with Crippen molar-refractivity contribution in [3.63, 3.8) is 0 Å². The van der Waals surface area contributed by atoms with Crippen LogP contribution in [0.2, 0.25) is 0 Å². The molecule has 0 aliphatic carbocycles. The predicted octanol–water partition coefficient (Wildman–Crippen LogP) is 4.93. The van der Waals surface area contributed by atoms with Crippen LogP contribution in [0.4, 0.5) is 0 Å². The minimum atomic E-state index is -0.484. The number of nitrogens with one attached hydrogen (secondary N) is 1. The molecule has 7 heteroatoms. The van der Waals surface area contributed by atoms with Gasteiger partial charge in [0, 0.05) is 17.2 Å². The minimum Gasteiger partial charge on any atom is -0.493 e. The zero-order valence-electron chi connectivity index (χ0n) is 23.4. The molecule has 37 heavy (non-hydrogen) atoms. The summed E-state index contributed by atoms with van der Waals surface area (Å²) in [5.41, 5.74) is 8.82. The zero-order valence-corrected chi connectivity index (χ0v) is 23.4. The van der Waals surface area contributed by atoms with Crippen molar-refractivity contribution in [3.05, 3.63) is 64.7 Å². The maximum absolute atomic E-state index is 10.5. The Balaban J connectivity index is 0.000000288. The van der Waals surface area contributed by atoms with Crippen molar-refractivity contribution >= 4 is 18.6 Å². The Morgan fingerprint density at radius 2 is 1.70 bits per heavy atom. The number of amides is 2. The van der Waals surface area contributed by atoms with E-state index in [2.05, 4.69) is 70.1 Å². The van der Waals surface area contributed by atoms with Gasteiger partial charge >= 0.3 is 0 Å². The van der Waals surface area contributed by atoms with E-state index in [1.54, 1.807) is 12.1 Å². The fraction of sp³-hybridized carbons (Fsp3) is 0.500. The quantitative estimate of drug-likeness (QED) is 0.386. The van der Waals surface area contributed by atoms with E-state index in [1.807, 2.05) is 0 Å². The average Bonchev–Trinajstić information content (AvgIpc) is 2.85. The number of likely N-dealkylation sites (tertiary alicyclic amines) is 1. The van der Waals surface area contributed by atoms with E-state index in [4.69, 9.17) is 10.5 Å². The summed E-state index contributed by atoms with van der Waals surface area (Å²) in [4.78, 5) is 33.0. The first-order chi connectivity index (χ1) is 17.4. The normalized spacial score (nSPS) is 13.8. The Morgan fingerprint density at radius 3 is 2.22 bits per heavy atom. The second kappa shape index (κ2) is 16.5. The summed E-state index contributed by atoms with van der Waals surface area (Å²) in [5, 5.41) is 2.80. The number of nitrogens with zero attached hydrogens (tertiary/aromatic N) is 1. The lowest BCUT2D eigenvalue weighted by atomic mass is 9.91. The van der Waals surface area contributed by atoms with Gasteiger partial charge in [0.15, 0.2) is 0 Å². The molecule has 2 aromatic rings. The molecule has 1 saturated heterocycles. The summed E-state index contributed by atoms with van der Waals surface area (Å²) >= 11 is 0. The molecule has 1 aliphatic rings. The summed E-state index contributed by atoms with van der Waals surface area (Å²) in [7, 11) is 2.11. The number of aryl methyl sites for hydroxylation is 2. The van der Waals surface area contributed by atoms with E-state index < -0.39 is 5.91 Å². The van der Waals surface area contributed by atoms with E-state index >= 15 is 0 Å². The minimum absolute atomic E-state index is 0.408. The molecular formula is C30H45N3O4. The van der Waals surface area contributed by atoms with Crippen molar-refractivity contribution in [2.45, 2.75) is 66.3 Å². The molecule has 0 aromatic heterocycles. The Bertz CT molecular complexity index is 960. The van der Waals surface area contributed by atoms with Crippen LogP contribution in [0.15, 0.2) is 42.5 Å². The number of hydrogen-bond acceptors (Lipinski definition) is 5. The van der Waals surface area contributed by atoms with Crippen molar-refractivity contribution in [2.75, 3.05) is 26.7 Å². The number of piperidine rings is 1. The Hall–Kier alpha value is -3.19. The number of primary amides is 1. The first kappa shape index (κ1) is 31.8. The third-order valence-corrected chi connectivity index (χ3v) is 6.03. The number of aldehydes is 1. The van der Waals surface area contributed by atoms with Gasteiger partial charge < -0.3 is 20.7 Å². The molecule has 1 heterocycles. The fourth-order valence-electron chi connectivity index (χ4n) is 3.64. The molecule has 0 spiro atoms. The number of nitrogens with two attached hydrogens (primary N) is 1. The third-order valence-electron chi connectivity index (χ3n) is 6.03. The van der Waals surface area contributed by atoms with Gasteiger partial charge in [-0.1, -0.05) is 45.0 Å².